The molecule has 0 unspecified atom stereocenters. The number of hydrogen-bond donors (Lipinski definition) is 0. The van der Waals surface area contributed by atoms with Crippen LogP contribution < -0.4 is 13.9 Å². The molecule has 0 N–H and O–H groups in total. The lowest BCUT2D eigenvalue weighted by molar-refractivity contribution is -0.132. The number of amides is 1. The molecule has 0 radical (unpaired) electrons. The third-order valence-corrected chi connectivity index (χ3v) is 6.40. The van der Waals surface area contributed by atoms with Crippen LogP contribution in [0.4, 0.5) is 15.8 Å². The third kappa shape index (κ3) is 4.67. The van der Waals surface area contributed by atoms with Crippen molar-refractivity contribution in [1.29, 1.82) is 0 Å². The first-order valence-corrected chi connectivity index (χ1v) is 11.5. The molecule has 1 aliphatic rings. The van der Waals surface area contributed by atoms with E-state index in [2.05, 4.69) is 0 Å². The van der Waals surface area contributed by atoms with Crippen LogP contribution in [-0.4, -0.2) is 64.8 Å². The Morgan fingerprint density at radius 1 is 1.10 bits per heavy atom. The number of hydrogen-bond acceptors (Lipinski definition) is 5. The van der Waals surface area contributed by atoms with Crippen molar-refractivity contribution in [2.24, 2.45) is 0 Å². The average molecular weight is 436 g/mol. The molecule has 0 aliphatic carbocycles. The standard InChI is InChI=1S/C21H26FN3O4S/c1-16(25(30(3,27)28)17-7-6-8-18(15-17)29-2)21(26)24-13-11-23(12-14-24)20-10-5-4-9-19(20)22/h4-10,15-16H,11-14H2,1-3H3/t16-/m1/s1. The van der Waals surface area contributed by atoms with E-state index in [0.717, 1.165) is 10.6 Å². The normalized spacial score (nSPS) is 15.6. The van der Waals surface area contributed by atoms with Crippen LogP contribution in [0.5, 0.6) is 5.75 Å². The van der Waals surface area contributed by atoms with Crippen molar-refractivity contribution in [3.05, 3.63) is 54.3 Å². The highest BCUT2D eigenvalue weighted by atomic mass is 32.2. The maximum absolute atomic E-state index is 14.0. The molecule has 30 heavy (non-hydrogen) atoms. The summed E-state index contributed by atoms with van der Waals surface area (Å²) in [6.07, 6.45) is 1.08. The van der Waals surface area contributed by atoms with Gasteiger partial charge < -0.3 is 14.5 Å². The maximum atomic E-state index is 14.0. The van der Waals surface area contributed by atoms with Crippen LogP contribution in [0.25, 0.3) is 0 Å². The molecule has 0 aromatic heterocycles. The maximum Gasteiger partial charge on any atom is 0.246 e. The van der Waals surface area contributed by atoms with Gasteiger partial charge in [-0.1, -0.05) is 18.2 Å². The molecule has 1 aliphatic heterocycles. The van der Waals surface area contributed by atoms with Gasteiger partial charge in [0.15, 0.2) is 0 Å². The molecule has 162 valence electrons. The second-order valence-corrected chi connectivity index (χ2v) is 9.06. The van der Waals surface area contributed by atoms with Gasteiger partial charge in [-0.05, 0) is 31.2 Å². The first-order valence-electron chi connectivity index (χ1n) is 9.64. The number of halogens is 1. The molecule has 0 spiro atoms. The summed E-state index contributed by atoms with van der Waals surface area (Å²) in [4.78, 5) is 16.6. The number of benzene rings is 2. The van der Waals surface area contributed by atoms with E-state index in [1.807, 2.05) is 4.90 Å². The van der Waals surface area contributed by atoms with Gasteiger partial charge in [-0.25, -0.2) is 12.8 Å². The lowest BCUT2D eigenvalue weighted by atomic mass is 10.2. The summed E-state index contributed by atoms with van der Waals surface area (Å²) in [6.45, 7) is 3.28. The SMILES string of the molecule is COc1cccc(N([C@H](C)C(=O)N2CCN(c3ccccc3F)CC2)S(C)(=O)=O)c1. The molecule has 9 heteroatoms. The predicted octanol–water partition coefficient (Wildman–Crippen LogP) is 2.34. The van der Waals surface area contributed by atoms with Crippen LogP contribution in [0.15, 0.2) is 48.5 Å². The summed E-state index contributed by atoms with van der Waals surface area (Å²) in [7, 11) is -2.22. The Hall–Kier alpha value is -2.81. The van der Waals surface area contributed by atoms with Crippen molar-refractivity contribution in [1.82, 2.24) is 4.90 Å². The number of nitrogens with zero attached hydrogens (tertiary/aromatic N) is 3. The van der Waals surface area contributed by atoms with Gasteiger partial charge in [-0.2, -0.15) is 0 Å². The van der Waals surface area contributed by atoms with Gasteiger partial charge in [0.1, 0.15) is 17.6 Å². The first kappa shape index (κ1) is 21.9. The summed E-state index contributed by atoms with van der Waals surface area (Å²) in [5.74, 6) is -0.0948. The fourth-order valence-corrected chi connectivity index (χ4v) is 4.85. The molecule has 1 fully saturated rings. The monoisotopic (exact) mass is 435 g/mol. The van der Waals surface area contributed by atoms with E-state index < -0.39 is 16.1 Å². The highest BCUT2D eigenvalue weighted by Crippen LogP contribution is 2.26. The smallest absolute Gasteiger partial charge is 0.246 e. The zero-order valence-electron chi connectivity index (χ0n) is 17.3. The Morgan fingerprint density at radius 3 is 2.37 bits per heavy atom. The molecule has 2 aromatic rings. The summed E-state index contributed by atoms with van der Waals surface area (Å²) in [5.41, 5.74) is 0.870. The van der Waals surface area contributed by atoms with Gasteiger partial charge in [0.2, 0.25) is 15.9 Å². The van der Waals surface area contributed by atoms with Gasteiger partial charge in [-0.15, -0.1) is 0 Å². The predicted molar refractivity (Wildman–Crippen MR) is 115 cm³/mol. The fraction of sp³-hybridized carbons (Fsp3) is 0.381. The lowest BCUT2D eigenvalue weighted by Gasteiger charge is -2.39. The molecule has 0 saturated carbocycles. The minimum atomic E-state index is -3.71. The number of anilines is 2. The third-order valence-electron chi connectivity index (χ3n) is 5.16. The van der Waals surface area contributed by atoms with E-state index in [9.17, 15) is 17.6 Å². The van der Waals surface area contributed by atoms with E-state index in [4.69, 9.17) is 4.74 Å². The van der Waals surface area contributed by atoms with E-state index in [1.54, 1.807) is 54.3 Å². The largest absolute Gasteiger partial charge is 0.497 e. The van der Waals surface area contributed by atoms with Crippen molar-refractivity contribution in [2.45, 2.75) is 13.0 Å². The molecule has 1 amide bonds. The number of ether oxygens (including phenoxy) is 1. The number of carbonyl (C=O) groups excluding carboxylic acids is 1. The molecule has 1 heterocycles. The molecule has 1 saturated heterocycles. The molecule has 0 bridgehead atoms. The highest BCUT2D eigenvalue weighted by molar-refractivity contribution is 7.92. The molecule has 3 rings (SSSR count). The van der Waals surface area contributed by atoms with Gasteiger partial charge >= 0.3 is 0 Å². The van der Waals surface area contributed by atoms with Gasteiger partial charge in [0.25, 0.3) is 0 Å². The second-order valence-electron chi connectivity index (χ2n) is 7.20. The van der Waals surface area contributed by atoms with Crippen molar-refractivity contribution in [3.63, 3.8) is 0 Å². The zero-order chi connectivity index (χ0) is 21.9. The van der Waals surface area contributed by atoms with Crippen molar-refractivity contribution >= 4 is 27.3 Å². The number of methoxy groups -OCH3 is 1. The Bertz CT molecular complexity index is 1010. The quantitative estimate of drug-likeness (QED) is 0.697. The number of piperazine rings is 1. The van der Waals surface area contributed by atoms with E-state index >= 15 is 0 Å². The minimum absolute atomic E-state index is 0.295. The Morgan fingerprint density at radius 2 is 1.77 bits per heavy atom. The van der Waals surface area contributed by atoms with E-state index in [0.29, 0.717) is 43.3 Å². The summed E-state index contributed by atoms with van der Waals surface area (Å²) < 4.78 is 45.3. The molecule has 2 aromatic carbocycles. The van der Waals surface area contributed by atoms with Crippen molar-refractivity contribution in [2.75, 3.05) is 48.7 Å². The van der Waals surface area contributed by atoms with E-state index in [-0.39, 0.29) is 11.7 Å². The zero-order valence-corrected chi connectivity index (χ0v) is 18.1. The number of para-hydroxylation sites is 1. The topological polar surface area (TPSA) is 70.2 Å². The minimum Gasteiger partial charge on any atom is -0.497 e. The first-order chi connectivity index (χ1) is 14.2. The van der Waals surface area contributed by atoms with Gasteiger partial charge in [0, 0.05) is 32.2 Å². The number of carbonyl (C=O) groups is 1. The average Bonchev–Trinajstić information content (AvgIpc) is 2.73. The lowest BCUT2D eigenvalue weighted by Crippen LogP contribution is -2.55. The Balaban J connectivity index is 1.75. The van der Waals surface area contributed by atoms with Crippen molar-refractivity contribution in [3.8, 4) is 5.75 Å². The fourth-order valence-electron chi connectivity index (χ4n) is 3.69. The number of sulfonamides is 1. The van der Waals surface area contributed by atoms with Crippen LogP contribution in [0.1, 0.15) is 6.92 Å². The van der Waals surface area contributed by atoms with Crippen LogP contribution in [0, 0.1) is 5.82 Å². The van der Waals surface area contributed by atoms with Gasteiger partial charge in [0.05, 0.1) is 24.7 Å². The van der Waals surface area contributed by atoms with Crippen molar-refractivity contribution < 1.29 is 22.3 Å². The molecular weight excluding hydrogens is 409 g/mol. The summed E-state index contributed by atoms with van der Waals surface area (Å²) in [6, 6.07) is 12.2. The van der Waals surface area contributed by atoms with Crippen LogP contribution >= 0.6 is 0 Å². The summed E-state index contributed by atoms with van der Waals surface area (Å²) in [5, 5.41) is 0. The summed E-state index contributed by atoms with van der Waals surface area (Å²) >= 11 is 0. The van der Waals surface area contributed by atoms with E-state index in [1.165, 1.54) is 13.2 Å². The van der Waals surface area contributed by atoms with Crippen LogP contribution in [0.3, 0.4) is 0 Å². The number of rotatable bonds is 6. The molecule has 1 atom stereocenters. The molecule has 7 nitrogen and oxygen atoms in total. The van der Waals surface area contributed by atoms with Crippen LogP contribution in [-0.2, 0) is 14.8 Å². The Labute approximate surface area is 176 Å². The highest BCUT2D eigenvalue weighted by Gasteiger charge is 2.33. The van der Waals surface area contributed by atoms with Gasteiger partial charge in [-0.3, -0.25) is 9.10 Å². The second kappa shape index (κ2) is 8.91. The van der Waals surface area contributed by atoms with Crippen LogP contribution in [0.2, 0.25) is 0 Å². The Kier molecular flexibility index (Phi) is 6.50. The molecular formula is C21H26FN3O4S.